The van der Waals surface area contributed by atoms with Crippen LogP contribution in [-0.2, 0) is 20.1 Å². The zero-order valence-electron chi connectivity index (χ0n) is 38.1. The zero-order chi connectivity index (χ0) is 44.2. The molecule has 0 amide bonds. The van der Waals surface area contributed by atoms with E-state index in [0.717, 1.165) is 82.7 Å². The minimum Gasteiger partial charge on any atom is -0.399 e. The fourth-order valence-electron chi connectivity index (χ4n) is 9.33. The number of nitriles is 1. The Balaban J connectivity index is 1.32. The van der Waals surface area contributed by atoms with Crippen LogP contribution in [0, 0.1) is 11.3 Å². The number of aromatic nitrogens is 2. The molecule has 2 aromatic heterocycles. The summed E-state index contributed by atoms with van der Waals surface area (Å²) in [7, 11) is -0.671. The van der Waals surface area contributed by atoms with Gasteiger partial charge in [-0.1, -0.05) is 126 Å². The fourth-order valence-corrected chi connectivity index (χ4v) is 9.33. The standard InChI is InChI=1S/C57H54BN3O2/c1-54(2,3)40-23-27-50-45(31-40)46-32-41(55(4,5)6)24-28-51(46)61(50)53-34-42(58-62-56(7,8)57(9,10)63-58)33-52(47(53)35-59)60-48-25-21-38(36-17-13-11-14-18-36)29-43(48)44-30-39(22-26-49(44)60)37-19-15-12-16-20-37/h11-34H,1-10H3. The molecule has 0 N–H and O–H groups in total. The molecule has 0 spiro atoms. The number of hydrogen-bond acceptors (Lipinski definition) is 3. The van der Waals surface area contributed by atoms with Gasteiger partial charge < -0.3 is 18.4 Å². The highest BCUT2D eigenvalue weighted by Gasteiger charge is 2.52. The average Bonchev–Trinajstić information content (AvgIpc) is 3.84. The molecule has 6 heteroatoms. The second-order valence-corrected chi connectivity index (χ2v) is 20.5. The molecule has 1 aliphatic heterocycles. The SMILES string of the molecule is CC(C)(C)c1ccc2c(c1)c1cc(C(C)(C)C)ccc1n2-c1cc(B2OC(C)(C)C(C)(C)O2)cc(-n2c3ccc(-c4ccccc4)cc3c3cc(-c4ccccc4)ccc32)c1C#N. The van der Waals surface area contributed by atoms with E-state index in [4.69, 9.17) is 9.31 Å². The molecule has 5 nitrogen and oxygen atoms in total. The van der Waals surface area contributed by atoms with E-state index in [0.29, 0.717) is 5.56 Å². The van der Waals surface area contributed by atoms with Crippen molar-refractivity contribution < 1.29 is 9.31 Å². The van der Waals surface area contributed by atoms with Crippen molar-refractivity contribution in [1.82, 2.24) is 9.13 Å². The Hall–Kier alpha value is -6.39. The lowest BCUT2D eigenvalue weighted by Gasteiger charge is -2.32. The van der Waals surface area contributed by atoms with Crippen LogP contribution < -0.4 is 5.46 Å². The lowest BCUT2D eigenvalue weighted by molar-refractivity contribution is 0.00578. The summed E-state index contributed by atoms with van der Waals surface area (Å²) in [5.41, 5.74) is 12.9. The molecule has 0 saturated carbocycles. The molecule has 0 unspecified atom stereocenters. The van der Waals surface area contributed by atoms with E-state index in [1.165, 1.54) is 11.1 Å². The maximum Gasteiger partial charge on any atom is 0.494 e. The van der Waals surface area contributed by atoms with E-state index in [1.807, 2.05) is 0 Å². The third-order valence-corrected chi connectivity index (χ3v) is 13.7. The van der Waals surface area contributed by atoms with Crippen molar-refractivity contribution in [2.45, 2.75) is 91.3 Å². The highest BCUT2D eigenvalue weighted by molar-refractivity contribution is 6.62. The summed E-state index contributed by atoms with van der Waals surface area (Å²) >= 11 is 0. The molecule has 0 bridgehead atoms. The van der Waals surface area contributed by atoms with Crippen LogP contribution >= 0.6 is 0 Å². The molecule has 7 aromatic carbocycles. The van der Waals surface area contributed by atoms with Crippen molar-refractivity contribution in [3.8, 4) is 39.7 Å². The molecular weight excluding hydrogens is 769 g/mol. The topological polar surface area (TPSA) is 52.1 Å². The summed E-state index contributed by atoms with van der Waals surface area (Å²) < 4.78 is 18.2. The molecule has 9 aromatic rings. The molecule has 10 rings (SSSR count). The van der Waals surface area contributed by atoms with Gasteiger partial charge >= 0.3 is 7.12 Å². The lowest BCUT2D eigenvalue weighted by atomic mass is 9.77. The van der Waals surface area contributed by atoms with Crippen molar-refractivity contribution in [2.75, 3.05) is 0 Å². The number of fused-ring (bicyclic) bond motifs is 6. The summed E-state index contributed by atoms with van der Waals surface area (Å²) in [5.74, 6) is 0. The number of rotatable bonds is 5. The monoisotopic (exact) mass is 823 g/mol. The second kappa shape index (κ2) is 14.3. The highest BCUT2D eigenvalue weighted by Crippen LogP contribution is 2.43. The lowest BCUT2D eigenvalue weighted by Crippen LogP contribution is -2.41. The van der Waals surface area contributed by atoms with Gasteiger partial charge in [-0.05, 0) is 138 Å². The summed E-state index contributed by atoms with van der Waals surface area (Å²) in [6, 6.07) is 55.2. The van der Waals surface area contributed by atoms with E-state index < -0.39 is 18.3 Å². The van der Waals surface area contributed by atoms with E-state index in [9.17, 15) is 5.26 Å². The van der Waals surface area contributed by atoms with Crippen LogP contribution in [0.4, 0.5) is 0 Å². The van der Waals surface area contributed by atoms with Gasteiger partial charge in [0.2, 0.25) is 0 Å². The van der Waals surface area contributed by atoms with E-state index in [2.05, 4.69) is 230 Å². The zero-order valence-corrected chi connectivity index (χ0v) is 38.1. The number of benzene rings is 7. The molecule has 3 heterocycles. The Labute approximate surface area is 371 Å². The maximum atomic E-state index is 11.7. The molecular formula is C57H54BN3O2. The molecule has 0 aliphatic carbocycles. The Morgan fingerprint density at radius 3 is 1.19 bits per heavy atom. The summed E-state index contributed by atoms with van der Waals surface area (Å²) in [6.45, 7) is 21.9. The summed E-state index contributed by atoms with van der Waals surface area (Å²) in [5, 5.41) is 16.2. The first kappa shape index (κ1) is 40.7. The first-order valence-corrected chi connectivity index (χ1v) is 22.2. The van der Waals surface area contributed by atoms with Gasteiger partial charge in [-0.15, -0.1) is 0 Å². The Kier molecular flexibility index (Phi) is 9.25. The van der Waals surface area contributed by atoms with Gasteiger partial charge in [-0.2, -0.15) is 5.26 Å². The van der Waals surface area contributed by atoms with Crippen LogP contribution in [0.1, 0.15) is 85.9 Å². The van der Waals surface area contributed by atoms with Crippen molar-refractivity contribution in [3.05, 3.63) is 162 Å². The van der Waals surface area contributed by atoms with Crippen LogP contribution in [0.3, 0.4) is 0 Å². The van der Waals surface area contributed by atoms with Crippen LogP contribution in [0.25, 0.3) is 77.2 Å². The molecule has 0 atom stereocenters. The summed E-state index contributed by atoms with van der Waals surface area (Å²) in [4.78, 5) is 0. The first-order valence-electron chi connectivity index (χ1n) is 22.2. The molecule has 312 valence electrons. The minimum absolute atomic E-state index is 0.0524. The molecule has 1 fully saturated rings. The van der Waals surface area contributed by atoms with Crippen LogP contribution in [0.2, 0.25) is 0 Å². The minimum atomic E-state index is -0.671. The molecule has 0 radical (unpaired) electrons. The van der Waals surface area contributed by atoms with Crippen LogP contribution in [0.5, 0.6) is 0 Å². The summed E-state index contributed by atoms with van der Waals surface area (Å²) in [6.07, 6.45) is 0. The first-order chi connectivity index (χ1) is 29.9. The largest absolute Gasteiger partial charge is 0.494 e. The Bertz CT molecular complexity index is 3130. The van der Waals surface area contributed by atoms with Gasteiger partial charge in [0.15, 0.2) is 0 Å². The van der Waals surface area contributed by atoms with Crippen molar-refractivity contribution >= 4 is 56.2 Å². The quantitative estimate of drug-likeness (QED) is 0.162. The smallest absolute Gasteiger partial charge is 0.399 e. The van der Waals surface area contributed by atoms with Gasteiger partial charge in [0.25, 0.3) is 0 Å². The normalized spacial score (nSPS) is 15.2. The van der Waals surface area contributed by atoms with E-state index >= 15 is 0 Å². The third kappa shape index (κ3) is 6.69. The van der Waals surface area contributed by atoms with E-state index in [-0.39, 0.29) is 10.8 Å². The van der Waals surface area contributed by atoms with Crippen molar-refractivity contribution in [2.24, 2.45) is 0 Å². The highest BCUT2D eigenvalue weighted by atomic mass is 16.7. The van der Waals surface area contributed by atoms with Gasteiger partial charge in [-0.25, -0.2) is 0 Å². The third-order valence-electron chi connectivity index (χ3n) is 13.7. The van der Waals surface area contributed by atoms with Crippen LogP contribution in [0.15, 0.2) is 146 Å². The molecule has 63 heavy (non-hydrogen) atoms. The predicted octanol–water partition coefficient (Wildman–Crippen LogP) is 14.0. The van der Waals surface area contributed by atoms with Gasteiger partial charge in [0.05, 0.1) is 44.6 Å². The fraction of sp³-hybridized carbons (Fsp3) is 0.246. The Morgan fingerprint density at radius 2 is 0.825 bits per heavy atom. The van der Waals surface area contributed by atoms with Crippen LogP contribution in [-0.4, -0.2) is 27.5 Å². The predicted molar refractivity (Wildman–Crippen MR) is 264 cm³/mol. The van der Waals surface area contributed by atoms with Crippen molar-refractivity contribution in [1.29, 1.82) is 5.26 Å². The Morgan fingerprint density at radius 1 is 0.460 bits per heavy atom. The average molecular weight is 824 g/mol. The van der Waals surface area contributed by atoms with E-state index in [1.54, 1.807) is 0 Å². The maximum absolute atomic E-state index is 11.7. The number of hydrogen-bond donors (Lipinski definition) is 0. The number of nitrogens with zero attached hydrogens (tertiary/aromatic N) is 3. The molecule has 1 saturated heterocycles. The van der Waals surface area contributed by atoms with Gasteiger partial charge in [0.1, 0.15) is 11.6 Å². The van der Waals surface area contributed by atoms with Gasteiger partial charge in [0, 0.05) is 21.5 Å². The molecule has 1 aliphatic rings. The second-order valence-electron chi connectivity index (χ2n) is 20.5. The van der Waals surface area contributed by atoms with Gasteiger partial charge in [-0.3, -0.25) is 0 Å². The van der Waals surface area contributed by atoms with Crippen molar-refractivity contribution in [3.63, 3.8) is 0 Å².